The van der Waals surface area contributed by atoms with Crippen LogP contribution in [0.4, 0.5) is 0 Å². The van der Waals surface area contributed by atoms with Gasteiger partial charge in [-0.1, -0.05) is 0 Å². The number of carbonyl (C=O) groups is 3. The molecular formula is C6H13NaO6S. The zero-order valence-corrected chi connectivity index (χ0v) is 11.5. The SMILES string of the molecule is CC(=O)O.CC(=O)O.CC(=O)[O-].S.[Na+]. The minimum absolute atomic E-state index is 0. The van der Waals surface area contributed by atoms with E-state index in [4.69, 9.17) is 29.7 Å². The third-order valence-electron chi connectivity index (χ3n) is 0. The molecule has 0 fully saturated rings. The van der Waals surface area contributed by atoms with Gasteiger partial charge in [-0.05, 0) is 6.92 Å². The Morgan fingerprint density at radius 1 is 0.929 bits per heavy atom. The van der Waals surface area contributed by atoms with Crippen LogP contribution in [-0.4, -0.2) is 28.1 Å². The van der Waals surface area contributed by atoms with E-state index in [9.17, 15) is 0 Å². The van der Waals surface area contributed by atoms with E-state index < -0.39 is 17.9 Å². The maximum absolute atomic E-state index is 9.00. The first-order chi connectivity index (χ1) is 5.20. The van der Waals surface area contributed by atoms with Crippen molar-refractivity contribution < 1.29 is 59.3 Å². The minimum atomic E-state index is -1.08. The van der Waals surface area contributed by atoms with Crippen LogP contribution < -0.4 is 34.7 Å². The van der Waals surface area contributed by atoms with E-state index in [1.807, 2.05) is 0 Å². The van der Waals surface area contributed by atoms with Crippen LogP contribution in [0.15, 0.2) is 0 Å². The molecule has 0 aromatic rings. The van der Waals surface area contributed by atoms with Gasteiger partial charge in [-0.3, -0.25) is 9.59 Å². The van der Waals surface area contributed by atoms with Gasteiger partial charge < -0.3 is 20.1 Å². The maximum atomic E-state index is 9.00. The van der Waals surface area contributed by atoms with Crippen LogP contribution in [0.2, 0.25) is 0 Å². The molecule has 0 radical (unpaired) electrons. The van der Waals surface area contributed by atoms with E-state index in [0.717, 1.165) is 20.8 Å². The summed E-state index contributed by atoms with van der Waals surface area (Å²) in [5, 5.41) is 23.7. The third-order valence-corrected chi connectivity index (χ3v) is 0. The summed E-state index contributed by atoms with van der Waals surface area (Å²) in [5.41, 5.74) is 0. The summed E-state index contributed by atoms with van der Waals surface area (Å²) >= 11 is 0. The summed E-state index contributed by atoms with van der Waals surface area (Å²) in [6, 6.07) is 0. The van der Waals surface area contributed by atoms with Crippen molar-refractivity contribution in [1.29, 1.82) is 0 Å². The Balaban J connectivity index is -0.0000000270. The minimum Gasteiger partial charge on any atom is -0.550 e. The second-order valence-electron chi connectivity index (χ2n) is 1.53. The number of carbonyl (C=O) groups excluding carboxylic acids is 1. The molecule has 0 aliphatic rings. The molecule has 0 aromatic carbocycles. The zero-order valence-electron chi connectivity index (χ0n) is 8.53. The number of hydrogen-bond donors (Lipinski definition) is 2. The van der Waals surface area contributed by atoms with E-state index in [1.54, 1.807) is 0 Å². The van der Waals surface area contributed by atoms with Crippen molar-refractivity contribution in [3.05, 3.63) is 0 Å². The Kier molecular flexibility index (Phi) is 48.0. The van der Waals surface area contributed by atoms with Gasteiger partial charge >= 0.3 is 29.6 Å². The molecule has 6 nitrogen and oxygen atoms in total. The van der Waals surface area contributed by atoms with Gasteiger partial charge in [0.2, 0.25) is 0 Å². The fourth-order valence-electron chi connectivity index (χ4n) is 0. The fourth-order valence-corrected chi connectivity index (χ4v) is 0. The van der Waals surface area contributed by atoms with Gasteiger partial charge in [0.05, 0.1) is 0 Å². The summed E-state index contributed by atoms with van der Waals surface area (Å²) < 4.78 is 0. The van der Waals surface area contributed by atoms with E-state index in [2.05, 4.69) is 0 Å². The monoisotopic (exact) mass is 236 g/mol. The van der Waals surface area contributed by atoms with Crippen molar-refractivity contribution in [3.8, 4) is 0 Å². The first kappa shape index (κ1) is 29.2. The molecule has 80 valence electrons. The largest absolute Gasteiger partial charge is 1.00 e. The fraction of sp³-hybridized carbons (Fsp3) is 0.500. The smallest absolute Gasteiger partial charge is 0.550 e. The van der Waals surface area contributed by atoms with Crippen molar-refractivity contribution in [2.75, 3.05) is 0 Å². The number of rotatable bonds is 0. The Hall–Kier alpha value is -0.240. The van der Waals surface area contributed by atoms with Gasteiger partial charge in [0.1, 0.15) is 0 Å². The van der Waals surface area contributed by atoms with E-state index >= 15 is 0 Å². The Morgan fingerprint density at radius 3 is 0.929 bits per heavy atom. The number of carboxylic acid groups (broad SMARTS) is 3. The summed E-state index contributed by atoms with van der Waals surface area (Å²) in [6.45, 7) is 3.14. The molecular weight excluding hydrogens is 223 g/mol. The zero-order chi connectivity index (χ0) is 10.7. The predicted molar refractivity (Wildman–Crippen MR) is 47.7 cm³/mol. The molecule has 0 spiro atoms. The van der Waals surface area contributed by atoms with Crippen LogP contribution in [0, 0.1) is 0 Å². The maximum Gasteiger partial charge on any atom is 1.00 e. The van der Waals surface area contributed by atoms with Crippen molar-refractivity contribution in [2.24, 2.45) is 0 Å². The number of hydrogen-bond acceptors (Lipinski definition) is 4. The van der Waals surface area contributed by atoms with Gasteiger partial charge in [0, 0.05) is 19.8 Å². The molecule has 0 rings (SSSR count). The van der Waals surface area contributed by atoms with Crippen molar-refractivity contribution in [2.45, 2.75) is 20.8 Å². The molecule has 0 atom stereocenters. The molecule has 0 bridgehead atoms. The van der Waals surface area contributed by atoms with Crippen LogP contribution in [0.5, 0.6) is 0 Å². The van der Waals surface area contributed by atoms with Crippen molar-refractivity contribution in [1.82, 2.24) is 0 Å². The topological polar surface area (TPSA) is 115 Å². The average molecular weight is 236 g/mol. The van der Waals surface area contributed by atoms with E-state index in [1.165, 1.54) is 0 Å². The summed E-state index contributed by atoms with van der Waals surface area (Å²) in [5.74, 6) is -2.75. The quantitative estimate of drug-likeness (QED) is 0.415. The van der Waals surface area contributed by atoms with Gasteiger partial charge in [-0.2, -0.15) is 13.5 Å². The molecule has 2 N–H and O–H groups in total. The van der Waals surface area contributed by atoms with Crippen LogP contribution >= 0.6 is 13.5 Å². The Bertz CT molecular complexity index is 120. The molecule has 8 heteroatoms. The van der Waals surface area contributed by atoms with E-state index in [-0.39, 0.29) is 43.1 Å². The Morgan fingerprint density at radius 2 is 0.929 bits per heavy atom. The standard InChI is InChI=1S/3C2H4O2.Na.H2S/c3*1-2(3)4;;/h3*1H3,(H,3,4);;1H2/q;;;+1;/p-1. The van der Waals surface area contributed by atoms with Gasteiger partial charge in [-0.25, -0.2) is 0 Å². The molecule has 0 amide bonds. The van der Waals surface area contributed by atoms with Crippen LogP contribution in [0.25, 0.3) is 0 Å². The van der Waals surface area contributed by atoms with Gasteiger partial charge in [0.25, 0.3) is 11.9 Å². The van der Waals surface area contributed by atoms with Crippen LogP contribution in [0.3, 0.4) is 0 Å². The van der Waals surface area contributed by atoms with Crippen molar-refractivity contribution in [3.63, 3.8) is 0 Å². The Labute approximate surface area is 111 Å². The average Bonchev–Trinajstić information content (AvgIpc) is 1.54. The molecule has 0 heterocycles. The van der Waals surface area contributed by atoms with E-state index in [0.29, 0.717) is 0 Å². The second-order valence-corrected chi connectivity index (χ2v) is 1.53. The van der Waals surface area contributed by atoms with Gasteiger partial charge in [0.15, 0.2) is 0 Å². The molecule has 0 unspecified atom stereocenters. The molecule has 0 saturated heterocycles. The first-order valence-corrected chi connectivity index (χ1v) is 2.76. The summed E-state index contributed by atoms with van der Waals surface area (Å²) in [7, 11) is 0. The molecule has 0 aliphatic heterocycles. The molecule has 0 aliphatic carbocycles. The summed E-state index contributed by atoms with van der Waals surface area (Å²) in [4.78, 5) is 26.9. The number of carboxylic acids is 3. The predicted octanol–water partition coefficient (Wildman–Crippen LogP) is -3.95. The first-order valence-electron chi connectivity index (χ1n) is 2.76. The normalized spacial score (nSPS) is 5.36. The molecule has 0 saturated carbocycles. The van der Waals surface area contributed by atoms with Gasteiger partial charge in [-0.15, -0.1) is 0 Å². The second kappa shape index (κ2) is 23.0. The summed E-state index contributed by atoms with van der Waals surface area (Å²) in [6.07, 6.45) is 0. The molecule has 0 aromatic heterocycles. The molecule has 14 heavy (non-hydrogen) atoms. The number of aliphatic carboxylic acids is 3. The van der Waals surface area contributed by atoms with Crippen LogP contribution in [0.1, 0.15) is 20.8 Å². The van der Waals surface area contributed by atoms with Crippen molar-refractivity contribution >= 4 is 31.4 Å². The van der Waals surface area contributed by atoms with Crippen LogP contribution in [-0.2, 0) is 14.4 Å². The third kappa shape index (κ3) is 23600.